The van der Waals surface area contributed by atoms with Gasteiger partial charge in [-0.1, -0.05) is 6.92 Å². The number of aromatic nitrogens is 3. The Morgan fingerprint density at radius 2 is 2.00 bits per heavy atom. The van der Waals surface area contributed by atoms with E-state index in [0.717, 1.165) is 25.2 Å². The van der Waals surface area contributed by atoms with Crippen molar-refractivity contribution in [3.63, 3.8) is 0 Å². The number of nitrogens with zero attached hydrogens (tertiary/aromatic N) is 5. The summed E-state index contributed by atoms with van der Waals surface area (Å²) in [4.78, 5) is 29.5. The molecule has 0 spiro atoms. The first-order valence-electron chi connectivity index (χ1n) is 8.87. The van der Waals surface area contributed by atoms with E-state index < -0.39 is 0 Å². The molecule has 1 fully saturated rings. The Hall–Kier alpha value is -2.34. The Balaban J connectivity index is 1.62. The molecule has 0 N–H and O–H groups in total. The van der Waals surface area contributed by atoms with Crippen molar-refractivity contribution in [1.29, 1.82) is 0 Å². The predicted octanol–water partition coefficient (Wildman–Crippen LogP) is 2.34. The van der Waals surface area contributed by atoms with Crippen LogP contribution in [0.25, 0.3) is 11.4 Å². The van der Waals surface area contributed by atoms with E-state index in [1.807, 2.05) is 19.2 Å². The quantitative estimate of drug-likeness (QED) is 0.837. The maximum atomic E-state index is 12.6. The summed E-state index contributed by atoms with van der Waals surface area (Å²) in [6.07, 6.45) is 9.03. The maximum absolute atomic E-state index is 12.6. The highest BCUT2D eigenvalue weighted by molar-refractivity contribution is 5.93. The molecule has 2 aromatic heterocycles. The fourth-order valence-electron chi connectivity index (χ4n) is 3.37. The number of rotatable bonds is 5. The lowest BCUT2D eigenvalue weighted by molar-refractivity contribution is 0.0732. The highest BCUT2D eigenvalue weighted by Gasteiger charge is 2.22. The second-order valence-electron chi connectivity index (χ2n) is 6.62. The van der Waals surface area contributed by atoms with E-state index in [9.17, 15) is 4.79 Å². The van der Waals surface area contributed by atoms with E-state index in [1.54, 1.807) is 29.7 Å². The van der Waals surface area contributed by atoms with E-state index in [0.29, 0.717) is 17.3 Å². The van der Waals surface area contributed by atoms with Gasteiger partial charge in [-0.3, -0.25) is 9.78 Å². The fraction of sp³-hybridized carbons (Fsp3) is 0.474. The fourth-order valence-corrected chi connectivity index (χ4v) is 3.37. The number of amides is 1. The number of likely N-dealkylation sites (tertiary alicyclic amines) is 1. The summed E-state index contributed by atoms with van der Waals surface area (Å²) in [5.74, 6) is 1.13. The summed E-state index contributed by atoms with van der Waals surface area (Å²) in [7, 11) is 1.87. The zero-order valence-corrected chi connectivity index (χ0v) is 14.9. The Morgan fingerprint density at radius 1 is 1.28 bits per heavy atom. The second kappa shape index (κ2) is 8.16. The molecule has 3 rings (SSSR count). The minimum Gasteiger partial charge on any atom is -0.341 e. The van der Waals surface area contributed by atoms with Gasteiger partial charge in [0.15, 0.2) is 5.82 Å². The first-order chi connectivity index (χ1) is 12.2. The van der Waals surface area contributed by atoms with Crippen LogP contribution < -0.4 is 0 Å². The van der Waals surface area contributed by atoms with Crippen molar-refractivity contribution in [3.05, 3.63) is 42.5 Å². The van der Waals surface area contributed by atoms with Crippen molar-refractivity contribution in [2.24, 2.45) is 5.92 Å². The third-order valence-corrected chi connectivity index (χ3v) is 4.77. The number of carbonyl (C=O) groups is 1. The molecule has 0 unspecified atom stereocenters. The van der Waals surface area contributed by atoms with Gasteiger partial charge in [0.1, 0.15) is 0 Å². The summed E-state index contributed by atoms with van der Waals surface area (Å²) in [5.41, 5.74) is 1.42. The van der Waals surface area contributed by atoms with Crippen molar-refractivity contribution in [2.75, 3.05) is 33.2 Å². The molecule has 6 nitrogen and oxygen atoms in total. The van der Waals surface area contributed by atoms with Gasteiger partial charge in [0, 0.05) is 50.5 Å². The monoisotopic (exact) mass is 339 g/mol. The van der Waals surface area contributed by atoms with Crippen LogP contribution in [0.4, 0.5) is 0 Å². The van der Waals surface area contributed by atoms with Crippen LogP contribution in [0.2, 0.25) is 0 Å². The number of carbonyl (C=O) groups excluding carboxylic acids is 1. The lowest BCUT2D eigenvalue weighted by Gasteiger charge is -2.34. The summed E-state index contributed by atoms with van der Waals surface area (Å²) < 4.78 is 0. The van der Waals surface area contributed by atoms with Crippen molar-refractivity contribution < 1.29 is 4.79 Å². The Kier molecular flexibility index (Phi) is 5.71. The van der Waals surface area contributed by atoms with E-state index in [1.165, 1.54) is 19.4 Å². The summed E-state index contributed by atoms with van der Waals surface area (Å²) in [6, 6.07) is 3.71. The average molecular weight is 339 g/mol. The minimum absolute atomic E-state index is 0.0186. The van der Waals surface area contributed by atoms with Gasteiger partial charge in [0.2, 0.25) is 0 Å². The molecule has 2 aromatic rings. The molecule has 25 heavy (non-hydrogen) atoms. The normalized spacial score (nSPS) is 18.1. The molecule has 0 aliphatic carbocycles. The van der Waals surface area contributed by atoms with Crippen LogP contribution in [-0.2, 0) is 0 Å². The molecule has 1 saturated heterocycles. The SMILES string of the molecule is CCN1CCC[C@H](CN(C)C(=O)c2cnc(-c3ccncc3)nc2)C1. The lowest BCUT2D eigenvalue weighted by Crippen LogP contribution is -2.41. The third-order valence-electron chi connectivity index (χ3n) is 4.77. The van der Waals surface area contributed by atoms with Gasteiger partial charge in [-0.05, 0) is 44.0 Å². The molecule has 0 radical (unpaired) electrons. The molecule has 1 amide bonds. The molecule has 0 bridgehead atoms. The highest BCUT2D eigenvalue weighted by atomic mass is 16.2. The van der Waals surface area contributed by atoms with Gasteiger partial charge in [0.05, 0.1) is 5.56 Å². The highest BCUT2D eigenvalue weighted by Crippen LogP contribution is 2.18. The van der Waals surface area contributed by atoms with Crippen molar-refractivity contribution in [3.8, 4) is 11.4 Å². The van der Waals surface area contributed by atoms with Crippen LogP contribution in [-0.4, -0.2) is 63.9 Å². The zero-order valence-electron chi connectivity index (χ0n) is 14.9. The summed E-state index contributed by atoms with van der Waals surface area (Å²) in [5, 5.41) is 0. The molecule has 132 valence electrons. The van der Waals surface area contributed by atoms with Gasteiger partial charge in [-0.2, -0.15) is 0 Å². The molecule has 0 saturated carbocycles. The van der Waals surface area contributed by atoms with Gasteiger partial charge < -0.3 is 9.80 Å². The number of piperidine rings is 1. The largest absolute Gasteiger partial charge is 0.341 e. The Labute approximate surface area is 148 Å². The molecule has 1 atom stereocenters. The summed E-state index contributed by atoms with van der Waals surface area (Å²) in [6.45, 7) is 6.30. The number of hydrogen-bond donors (Lipinski definition) is 0. The number of hydrogen-bond acceptors (Lipinski definition) is 5. The van der Waals surface area contributed by atoms with Crippen LogP contribution in [0.3, 0.4) is 0 Å². The van der Waals surface area contributed by atoms with Gasteiger partial charge in [0.25, 0.3) is 5.91 Å². The van der Waals surface area contributed by atoms with E-state index >= 15 is 0 Å². The second-order valence-corrected chi connectivity index (χ2v) is 6.62. The molecule has 6 heteroatoms. The van der Waals surface area contributed by atoms with Crippen LogP contribution in [0.1, 0.15) is 30.1 Å². The third kappa shape index (κ3) is 4.39. The lowest BCUT2D eigenvalue weighted by atomic mass is 9.97. The molecule has 1 aliphatic heterocycles. The van der Waals surface area contributed by atoms with Crippen molar-refractivity contribution >= 4 is 5.91 Å². The summed E-state index contributed by atoms with van der Waals surface area (Å²) >= 11 is 0. The first-order valence-corrected chi connectivity index (χ1v) is 8.87. The van der Waals surface area contributed by atoms with E-state index in [2.05, 4.69) is 26.8 Å². The van der Waals surface area contributed by atoms with Crippen molar-refractivity contribution in [1.82, 2.24) is 24.8 Å². The van der Waals surface area contributed by atoms with Crippen LogP contribution in [0, 0.1) is 5.92 Å². The Morgan fingerprint density at radius 3 is 2.68 bits per heavy atom. The van der Waals surface area contributed by atoms with E-state index in [4.69, 9.17) is 0 Å². The Bertz CT molecular complexity index is 689. The smallest absolute Gasteiger partial charge is 0.256 e. The molecule has 3 heterocycles. The van der Waals surface area contributed by atoms with Crippen LogP contribution >= 0.6 is 0 Å². The van der Waals surface area contributed by atoms with Crippen molar-refractivity contribution in [2.45, 2.75) is 19.8 Å². The topological polar surface area (TPSA) is 62.2 Å². The average Bonchev–Trinajstić information content (AvgIpc) is 2.68. The van der Waals surface area contributed by atoms with Gasteiger partial charge >= 0.3 is 0 Å². The molecular weight excluding hydrogens is 314 g/mol. The molecular formula is C19H25N5O. The zero-order chi connectivity index (χ0) is 17.6. The first kappa shape index (κ1) is 17.5. The van der Waals surface area contributed by atoms with Gasteiger partial charge in [-0.15, -0.1) is 0 Å². The maximum Gasteiger partial charge on any atom is 0.256 e. The standard InChI is InChI=1S/C19H25N5O/c1-3-24-10-4-5-15(14-24)13-23(2)19(25)17-11-21-18(22-12-17)16-6-8-20-9-7-16/h6-9,11-12,15H,3-5,10,13-14H2,1-2H3/t15-/m1/s1. The molecule has 0 aromatic carbocycles. The minimum atomic E-state index is -0.0186. The van der Waals surface area contributed by atoms with Gasteiger partial charge in [-0.25, -0.2) is 9.97 Å². The van der Waals surface area contributed by atoms with E-state index in [-0.39, 0.29) is 5.91 Å². The van der Waals surface area contributed by atoms with Crippen LogP contribution in [0.5, 0.6) is 0 Å². The molecule has 1 aliphatic rings. The number of pyridine rings is 1. The van der Waals surface area contributed by atoms with Crippen LogP contribution in [0.15, 0.2) is 36.9 Å². The predicted molar refractivity (Wildman–Crippen MR) is 97.1 cm³/mol.